The van der Waals surface area contributed by atoms with Crippen LogP contribution < -0.4 is 11.1 Å². The van der Waals surface area contributed by atoms with E-state index in [0.29, 0.717) is 12.5 Å². The van der Waals surface area contributed by atoms with E-state index in [0.717, 1.165) is 32.4 Å². The number of nitrogens with one attached hydrogen (secondary N) is 1. The first-order valence-corrected chi connectivity index (χ1v) is 7.43. The molecule has 0 aromatic carbocycles. The molecular formula is C14H29N3O. The molecule has 106 valence electrons. The molecule has 1 amide bonds. The molecule has 1 heterocycles. The van der Waals surface area contributed by atoms with Gasteiger partial charge in [0.15, 0.2) is 0 Å². The second-order valence-corrected chi connectivity index (χ2v) is 5.41. The van der Waals surface area contributed by atoms with Crippen LogP contribution in [-0.2, 0) is 4.79 Å². The van der Waals surface area contributed by atoms with Crippen molar-refractivity contribution in [3.8, 4) is 0 Å². The Kier molecular flexibility index (Phi) is 7.28. The molecule has 4 heteroatoms. The summed E-state index contributed by atoms with van der Waals surface area (Å²) < 4.78 is 0. The molecule has 1 unspecified atom stereocenters. The van der Waals surface area contributed by atoms with Gasteiger partial charge in [0.05, 0.1) is 0 Å². The number of amides is 1. The number of piperidine rings is 1. The van der Waals surface area contributed by atoms with Gasteiger partial charge in [-0.05, 0) is 32.2 Å². The summed E-state index contributed by atoms with van der Waals surface area (Å²) in [5.74, 6) is 0.122. The standard InChI is InChI=1S/C14H29N3O/c1-3-5-8-17-9-6-13(7-10-17)16-14(18)11-12(15)4-2/h12-13H,3-11,15H2,1-2H3,(H,16,18). The van der Waals surface area contributed by atoms with Crippen LogP contribution in [-0.4, -0.2) is 42.5 Å². The molecule has 1 aliphatic heterocycles. The highest BCUT2D eigenvalue weighted by Gasteiger charge is 2.20. The minimum Gasteiger partial charge on any atom is -0.353 e. The van der Waals surface area contributed by atoms with Gasteiger partial charge in [0, 0.05) is 31.6 Å². The van der Waals surface area contributed by atoms with Crippen molar-refractivity contribution in [3.63, 3.8) is 0 Å². The second kappa shape index (κ2) is 8.48. The Labute approximate surface area is 111 Å². The van der Waals surface area contributed by atoms with Crippen molar-refractivity contribution in [2.45, 2.75) is 64.5 Å². The van der Waals surface area contributed by atoms with Crippen LogP contribution >= 0.6 is 0 Å². The minimum absolute atomic E-state index is 0.00893. The molecule has 1 saturated heterocycles. The maximum absolute atomic E-state index is 11.7. The van der Waals surface area contributed by atoms with Crippen LogP contribution in [0.3, 0.4) is 0 Å². The van der Waals surface area contributed by atoms with Gasteiger partial charge < -0.3 is 16.0 Å². The predicted molar refractivity (Wildman–Crippen MR) is 75.4 cm³/mol. The molecule has 0 aromatic rings. The van der Waals surface area contributed by atoms with Gasteiger partial charge >= 0.3 is 0 Å². The number of carbonyl (C=O) groups excluding carboxylic acids is 1. The number of nitrogens with two attached hydrogens (primary N) is 1. The monoisotopic (exact) mass is 255 g/mol. The van der Waals surface area contributed by atoms with E-state index in [1.807, 2.05) is 6.92 Å². The van der Waals surface area contributed by atoms with E-state index in [9.17, 15) is 4.79 Å². The van der Waals surface area contributed by atoms with E-state index in [4.69, 9.17) is 5.73 Å². The molecule has 1 aliphatic rings. The SMILES string of the molecule is CCCCN1CCC(NC(=O)CC(N)CC)CC1. The highest BCUT2D eigenvalue weighted by Crippen LogP contribution is 2.11. The highest BCUT2D eigenvalue weighted by molar-refractivity contribution is 5.76. The van der Waals surface area contributed by atoms with Crippen molar-refractivity contribution in [2.24, 2.45) is 5.73 Å². The summed E-state index contributed by atoms with van der Waals surface area (Å²) >= 11 is 0. The highest BCUT2D eigenvalue weighted by atomic mass is 16.1. The number of rotatable bonds is 7. The van der Waals surface area contributed by atoms with Gasteiger partial charge in [0.2, 0.25) is 5.91 Å². The third-order valence-electron chi connectivity index (χ3n) is 3.75. The lowest BCUT2D eigenvalue weighted by molar-refractivity contribution is -0.122. The van der Waals surface area contributed by atoms with Gasteiger partial charge in [-0.1, -0.05) is 20.3 Å². The molecule has 0 bridgehead atoms. The maximum atomic E-state index is 11.7. The van der Waals surface area contributed by atoms with Crippen molar-refractivity contribution >= 4 is 5.91 Å². The van der Waals surface area contributed by atoms with Crippen LogP contribution in [0, 0.1) is 0 Å². The smallest absolute Gasteiger partial charge is 0.221 e. The van der Waals surface area contributed by atoms with Gasteiger partial charge in [-0.15, -0.1) is 0 Å². The minimum atomic E-state index is 0.00893. The summed E-state index contributed by atoms with van der Waals surface area (Å²) in [7, 11) is 0. The number of nitrogens with zero attached hydrogens (tertiary/aromatic N) is 1. The first kappa shape index (κ1) is 15.4. The normalized spacial score (nSPS) is 19.7. The zero-order valence-electron chi connectivity index (χ0n) is 12.0. The van der Waals surface area contributed by atoms with Crippen molar-refractivity contribution in [1.82, 2.24) is 10.2 Å². The van der Waals surface area contributed by atoms with Crippen LogP contribution in [0.25, 0.3) is 0 Å². The van der Waals surface area contributed by atoms with E-state index in [1.165, 1.54) is 19.4 Å². The van der Waals surface area contributed by atoms with Gasteiger partial charge in [0.1, 0.15) is 0 Å². The summed E-state index contributed by atoms with van der Waals surface area (Å²) in [6, 6.07) is 0.370. The second-order valence-electron chi connectivity index (χ2n) is 5.41. The Morgan fingerprint density at radius 3 is 2.61 bits per heavy atom. The van der Waals surface area contributed by atoms with Gasteiger partial charge in [-0.25, -0.2) is 0 Å². The zero-order valence-corrected chi connectivity index (χ0v) is 12.0. The van der Waals surface area contributed by atoms with Gasteiger partial charge in [-0.3, -0.25) is 4.79 Å². The largest absolute Gasteiger partial charge is 0.353 e. The molecule has 0 radical (unpaired) electrons. The first-order valence-electron chi connectivity index (χ1n) is 7.43. The van der Waals surface area contributed by atoms with Crippen LogP contribution in [0.5, 0.6) is 0 Å². The molecule has 18 heavy (non-hydrogen) atoms. The maximum Gasteiger partial charge on any atom is 0.221 e. The van der Waals surface area contributed by atoms with Crippen LogP contribution in [0.15, 0.2) is 0 Å². The number of likely N-dealkylation sites (tertiary alicyclic amines) is 1. The third-order valence-corrected chi connectivity index (χ3v) is 3.75. The van der Waals surface area contributed by atoms with E-state index >= 15 is 0 Å². The first-order chi connectivity index (χ1) is 8.65. The van der Waals surface area contributed by atoms with Gasteiger partial charge in [-0.2, -0.15) is 0 Å². The molecule has 3 N–H and O–H groups in total. The Hall–Kier alpha value is -0.610. The number of hydrogen-bond acceptors (Lipinski definition) is 3. The fourth-order valence-electron chi connectivity index (χ4n) is 2.35. The lowest BCUT2D eigenvalue weighted by atomic mass is 10.0. The topological polar surface area (TPSA) is 58.4 Å². The Bertz CT molecular complexity index is 237. The Morgan fingerprint density at radius 1 is 1.39 bits per heavy atom. The number of hydrogen-bond donors (Lipinski definition) is 2. The Balaban J connectivity index is 2.16. The van der Waals surface area contributed by atoms with Crippen molar-refractivity contribution < 1.29 is 4.79 Å². The molecule has 1 rings (SSSR count). The summed E-state index contributed by atoms with van der Waals surface area (Å²) in [6.07, 6.45) is 6.02. The fourth-order valence-corrected chi connectivity index (χ4v) is 2.35. The summed E-state index contributed by atoms with van der Waals surface area (Å²) in [5, 5.41) is 3.12. The predicted octanol–water partition coefficient (Wildman–Crippen LogP) is 1.49. The van der Waals surface area contributed by atoms with E-state index in [2.05, 4.69) is 17.1 Å². The quantitative estimate of drug-likeness (QED) is 0.725. The lowest BCUT2D eigenvalue weighted by Crippen LogP contribution is -2.45. The fraction of sp³-hybridized carbons (Fsp3) is 0.929. The average Bonchev–Trinajstić information content (AvgIpc) is 2.37. The molecule has 0 aliphatic carbocycles. The van der Waals surface area contributed by atoms with Crippen LogP contribution in [0.1, 0.15) is 52.4 Å². The van der Waals surface area contributed by atoms with Gasteiger partial charge in [0.25, 0.3) is 0 Å². The summed E-state index contributed by atoms with van der Waals surface area (Å²) in [5.41, 5.74) is 5.79. The zero-order chi connectivity index (χ0) is 13.4. The van der Waals surface area contributed by atoms with Crippen LogP contribution in [0.4, 0.5) is 0 Å². The van der Waals surface area contributed by atoms with Crippen molar-refractivity contribution in [3.05, 3.63) is 0 Å². The summed E-state index contributed by atoms with van der Waals surface area (Å²) in [4.78, 5) is 14.2. The van der Waals surface area contributed by atoms with E-state index in [-0.39, 0.29) is 11.9 Å². The van der Waals surface area contributed by atoms with Crippen molar-refractivity contribution in [1.29, 1.82) is 0 Å². The van der Waals surface area contributed by atoms with E-state index in [1.54, 1.807) is 0 Å². The molecule has 0 spiro atoms. The van der Waals surface area contributed by atoms with Crippen molar-refractivity contribution in [2.75, 3.05) is 19.6 Å². The number of unbranched alkanes of at least 4 members (excludes halogenated alkanes) is 1. The molecular weight excluding hydrogens is 226 g/mol. The van der Waals surface area contributed by atoms with Crippen LogP contribution in [0.2, 0.25) is 0 Å². The van der Waals surface area contributed by atoms with E-state index < -0.39 is 0 Å². The molecule has 1 atom stereocenters. The third kappa shape index (κ3) is 5.83. The molecule has 0 aromatic heterocycles. The molecule has 4 nitrogen and oxygen atoms in total. The average molecular weight is 255 g/mol. The molecule has 1 fully saturated rings. The summed E-state index contributed by atoms with van der Waals surface area (Å²) in [6.45, 7) is 7.68. The lowest BCUT2D eigenvalue weighted by Gasteiger charge is -2.32. The number of carbonyl (C=O) groups is 1. The molecule has 0 saturated carbocycles. The Morgan fingerprint density at radius 2 is 2.06 bits per heavy atom.